The Hall–Kier alpha value is -0.860. The molecule has 2 atom stereocenters. The third kappa shape index (κ3) is 2.88. The van der Waals surface area contributed by atoms with Crippen molar-refractivity contribution in [3.05, 3.63) is 35.9 Å². The van der Waals surface area contributed by atoms with Crippen LogP contribution in [0.5, 0.6) is 0 Å². The zero-order valence-electron chi connectivity index (χ0n) is 10.4. The highest BCUT2D eigenvalue weighted by Crippen LogP contribution is 2.47. The van der Waals surface area contributed by atoms with Gasteiger partial charge in [-0.05, 0) is 43.3 Å². The average Bonchev–Trinajstić information content (AvgIpc) is 3.16. The molecule has 1 aromatic rings. The maximum absolute atomic E-state index is 3.47. The molecule has 1 saturated carbocycles. The number of hydrogen-bond donors (Lipinski definition) is 1. The van der Waals surface area contributed by atoms with Gasteiger partial charge in [-0.15, -0.1) is 0 Å². The van der Waals surface area contributed by atoms with E-state index in [9.17, 15) is 0 Å². The first-order chi connectivity index (χ1) is 8.43. The van der Waals surface area contributed by atoms with Crippen LogP contribution in [0.3, 0.4) is 0 Å². The topological polar surface area (TPSA) is 15.3 Å². The first kappa shape index (κ1) is 11.2. The second-order valence-corrected chi connectivity index (χ2v) is 5.42. The quantitative estimate of drug-likeness (QED) is 0.855. The van der Waals surface area contributed by atoms with Gasteiger partial charge in [-0.2, -0.15) is 0 Å². The molecule has 1 heterocycles. The Morgan fingerprint density at radius 2 is 2.00 bits per heavy atom. The maximum Gasteiger partial charge on any atom is 0.0107 e. The summed E-state index contributed by atoms with van der Waals surface area (Å²) in [4.78, 5) is 2.65. The molecular formula is C15H22N2. The van der Waals surface area contributed by atoms with Crippen LogP contribution in [0.1, 0.15) is 24.3 Å². The lowest BCUT2D eigenvalue weighted by Gasteiger charge is -2.19. The van der Waals surface area contributed by atoms with Crippen LogP contribution in [0, 0.1) is 5.92 Å². The normalized spacial score (nSPS) is 29.9. The van der Waals surface area contributed by atoms with Gasteiger partial charge in [0.25, 0.3) is 0 Å². The Morgan fingerprint density at radius 1 is 1.12 bits per heavy atom. The van der Waals surface area contributed by atoms with E-state index < -0.39 is 0 Å². The van der Waals surface area contributed by atoms with Gasteiger partial charge >= 0.3 is 0 Å². The van der Waals surface area contributed by atoms with Crippen LogP contribution in [0.2, 0.25) is 0 Å². The second kappa shape index (κ2) is 5.19. The lowest BCUT2D eigenvalue weighted by atomic mass is 10.1. The molecule has 92 valence electrons. The Balaban J connectivity index is 1.51. The van der Waals surface area contributed by atoms with Crippen molar-refractivity contribution in [2.24, 2.45) is 5.92 Å². The molecular weight excluding hydrogens is 208 g/mol. The van der Waals surface area contributed by atoms with Crippen LogP contribution in [-0.2, 0) is 0 Å². The summed E-state index contributed by atoms with van der Waals surface area (Å²) < 4.78 is 0. The van der Waals surface area contributed by atoms with Crippen LogP contribution in [0.4, 0.5) is 0 Å². The van der Waals surface area contributed by atoms with Gasteiger partial charge < -0.3 is 10.2 Å². The third-order valence-electron chi connectivity index (χ3n) is 4.08. The predicted octanol–water partition coefficient (Wildman–Crippen LogP) is 2.09. The van der Waals surface area contributed by atoms with Crippen molar-refractivity contribution in [2.75, 3.05) is 32.7 Å². The lowest BCUT2D eigenvalue weighted by Crippen LogP contribution is -2.30. The standard InChI is InChI=1S/C15H22N2/c1-2-5-13(6-3-1)15-11-14(15)12-17-9-4-7-16-8-10-17/h1-3,5-6,14-16H,4,7-12H2/t14-,15+/m0/s1. The molecule has 3 rings (SSSR count). The van der Waals surface area contributed by atoms with Crippen molar-refractivity contribution in [3.63, 3.8) is 0 Å². The second-order valence-electron chi connectivity index (χ2n) is 5.42. The van der Waals surface area contributed by atoms with E-state index >= 15 is 0 Å². The van der Waals surface area contributed by atoms with Crippen LogP contribution in [0.25, 0.3) is 0 Å². The van der Waals surface area contributed by atoms with Gasteiger partial charge in [0.2, 0.25) is 0 Å². The Labute approximate surface area is 104 Å². The molecule has 0 bridgehead atoms. The minimum absolute atomic E-state index is 0.840. The van der Waals surface area contributed by atoms with Gasteiger partial charge in [0.15, 0.2) is 0 Å². The van der Waals surface area contributed by atoms with E-state index in [1.165, 1.54) is 45.6 Å². The molecule has 1 N–H and O–H groups in total. The Bertz CT molecular complexity index is 341. The van der Waals surface area contributed by atoms with E-state index in [0.29, 0.717) is 0 Å². The molecule has 2 fully saturated rings. The molecule has 0 unspecified atom stereocenters. The summed E-state index contributed by atoms with van der Waals surface area (Å²) in [7, 11) is 0. The number of nitrogens with one attached hydrogen (secondary N) is 1. The highest BCUT2D eigenvalue weighted by atomic mass is 15.2. The Morgan fingerprint density at radius 3 is 2.88 bits per heavy atom. The predicted molar refractivity (Wildman–Crippen MR) is 71.2 cm³/mol. The highest BCUT2D eigenvalue weighted by molar-refractivity contribution is 5.25. The lowest BCUT2D eigenvalue weighted by molar-refractivity contribution is 0.279. The fraction of sp³-hybridized carbons (Fsp3) is 0.600. The van der Waals surface area contributed by atoms with Crippen LogP contribution < -0.4 is 5.32 Å². The molecule has 2 aliphatic rings. The summed E-state index contributed by atoms with van der Waals surface area (Å²) in [6, 6.07) is 11.0. The molecule has 0 radical (unpaired) electrons. The Kier molecular flexibility index (Phi) is 3.44. The molecule has 1 aliphatic carbocycles. The fourth-order valence-corrected chi connectivity index (χ4v) is 2.97. The van der Waals surface area contributed by atoms with Gasteiger partial charge in [-0.25, -0.2) is 0 Å². The van der Waals surface area contributed by atoms with Crippen LogP contribution in [-0.4, -0.2) is 37.6 Å². The third-order valence-corrected chi connectivity index (χ3v) is 4.08. The molecule has 1 aliphatic heterocycles. The molecule has 0 amide bonds. The maximum atomic E-state index is 3.47. The SMILES string of the molecule is c1ccc([C@H]2C[C@H]2CN2CCCNCC2)cc1. The van der Waals surface area contributed by atoms with Crippen molar-refractivity contribution in [1.29, 1.82) is 0 Å². The summed E-state index contributed by atoms with van der Waals surface area (Å²) in [5.74, 6) is 1.75. The number of nitrogens with zero attached hydrogens (tertiary/aromatic N) is 1. The van der Waals surface area contributed by atoms with Gasteiger partial charge in [0, 0.05) is 19.6 Å². The molecule has 0 aromatic heterocycles. The first-order valence-electron chi connectivity index (χ1n) is 6.91. The molecule has 1 aromatic carbocycles. The van der Waals surface area contributed by atoms with Crippen molar-refractivity contribution in [3.8, 4) is 0 Å². The number of hydrogen-bond acceptors (Lipinski definition) is 2. The molecule has 2 nitrogen and oxygen atoms in total. The van der Waals surface area contributed by atoms with Crippen molar-refractivity contribution >= 4 is 0 Å². The average molecular weight is 230 g/mol. The van der Waals surface area contributed by atoms with Crippen molar-refractivity contribution < 1.29 is 0 Å². The van der Waals surface area contributed by atoms with Gasteiger partial charge in [-0.1, -0.05) is 30.3 Å². The van der Waals surface area contributed by atoms with Gasteiger partial charge in [0.1, 0.15) is 0 Å². The summed E-state index contributed by atoms with van der Waals surface area (Å²) >= 11 is 0. The number of rotatable bonds is 3. The van der Waals surface area contributed by atoms with E-state index in [0.717, 1.165) is 11.8 Å². The van der Waals surface area contributed by atoms with E-state index in [2.05, 4.69) is 40.5 Å². The molecule has 1 saturated heterocycles. The summed E-state index contributed by atoms with van der Waals surface area (Å²) in [5.41, 5.74) is 1.55. The van der Waals surface area contributed by atoms with Crippen LogP contribution >= 0.6 is 0 Å². The fourth-order valence-electron chi connectivity index (χ4n) is 2.97. The zero-order valence-corrected chi connectivity index (χ0v) is 10.4. The van der Waals surface area contributed by atoms with Crippen LogP contribution in [0.15, 0.2) is 30.3 Å². The molecule has 0 spiro atoms. The van der Waals surface area contributed by atoms with E-state index in [1.54, 1.807) is 5.56 Å². The van der Waals surface area contributed by atoms with Gasteiger partial charge in [0.05, 0.1) is 0 Å². The smallest absolute Gasteiger partial charge is 0.0107 e. The van der Waals surface area contributed by atoms with Gasteiger partial charge in [-0.3, -0.25) is 0 Å². The number of benzene rings is 1. The summed E-state index contributed by atoms with van der Waals surface area (Å²) in [6.07, 6.45) is 2.71. The van der Waals surface area contributed by atoms with Crippen molar-refractivity contribution in [2.45, 2.75) is 18.8 Å². The summed E-state index contributed by atoms with van der Waals surface area (Å²) in [5, 5.41) is 3.47. The van der Waals surface area contributed by atoms with E-state index in [1.807, 2.05) is 0 Å². The van der Waals surface area contributed by atoms with E-state index in [-0.39, 0.29) is 0 Å². The molecule has 17 heavy (non-hydrogen) atoms. The largest absolute Gasteiger partial charge is 0.315 e. The van der Waals surface area contributed by atoms with E-state index in [4.69, 9.17) is 0 Å². The minimum Gasteiger partial charge on any atom is -0.315 e. The molecule has 2 heteroatoms. The minimum atomic E-state index is 0.840. The monoisotopic (exact) mass is 230 g/mol. The summed E-state index contributed by atoms with van der Waals surface area (Å²) in [6.45, 7) is 6.19. The first-order valence-corrected chi connectivity index (χ1v) is 6.91. The van der Waals surface area contributed by atoms with Crippen molar-refractivity contribution in [1.82, 2.24) is 10.2 Å². The zero-order chi connectivity index (χ0) is 11.5. The highest BCUT2D eigenvalue weighted by Gasteiger charge is 2.38.